The summed E-state index contributed by atoms with van der Waals surface area (Å²) >= 11 is 0. The van der Waals surface area contributed by atoms with Crippen LogP contribution in [0, 0.1) is 0 Å². The molecule has 0 spiro atoms. The molecule has 68 valence electrons. The van der Waals surface area contributed by atoms with Crippen molar-refractivity contribution < 1.29 is 6.53 Å². The van der Waals surface area contributed by atoms with Gasteiger partial charge in [-0.3, -0.25) is 0 Å². The van der Waals surface area contributed by atoms with E-state index < -0.39 is 0 Å². The molecule has 1 aromatic rings. The predicted octanol–water partition coefficient (Wildman–Crippen LogP) is 3.11. The number of hydrogen-bond acceptors (Lipinski definition) is 1. The molecule has 0 aromatic heterocycles. The summed E-state index contributed by atoms with van der Waals surface area (Å²) in [6, 6.07) is 5.58. The van der Waals surface area contributed by atoms with Gasteiger partial charge in [-0.1, -0.05) is 36.4 Å². The van der Waals surface area contributed by atoms with Gasteiger partial charge in [-0.05, 0) is 28.8 Å². The molecular formula is C13H11O+. The van der Waals surface area contributed by atoms with Crippen LogP contribution in [0.4, 0.5) is 0 Å². The number of phenols is 1. The van der Waals surface area contributed by atoms with Crippen molar-refractivity contribution in [2.75, 3.05) is 0 Å². The van der Waals surface area contributed by atoms with Gasteiger partial charge in [0.2, 0.25) is 0 Å². The Hall–Kier alpha value is -1.76. The van der Waals surface area contributed by atoms with Gasteiger partial charge >= 0.3 is 1.43 Å². The monoisotopic (exact) mass is 183 g/mol. The Morgan fingerprint density at radius 3 is 3.07 bits per heavy atom. The normalized spacial score (nSPS) is 21.7. The molecule has 1 heteroatoms. The summed E-state index contributed by atoms with van der Waals surface area (Å²) < 4.78 is 0. The zero-order valence-corrected chi connectivity index (χ0v) is 7.64. The van der Waals surface area contributed by atoms with E-state index in [1.807, 2.05) is 18.2 Å². The number of rotatable bonds is 0. The first kappa shape index (κ1) is 7.63. The zero-order chi connectivity index (χ0) is 9.54. The first-order valence-electron chi connectivity index (χ1n) is 4.74. The Morgan fingerprint density at radius 2 is 2.14 bits per heavy atom. The van der Waals surface area contributed by atoms with E-state index in [-0.39, 0.29) is 1.43 Å². The SMILES string of the molecule is Oc1ccc2c(c1)C=C1C=CC=CC12.[H+]. The molecule has 2 aliphatic rings. The smallest absolute Gasteiger partial charge is 0.508 e. The van der Waals surface area contributed by atoms with Crippen LogP contribution in [0.3, 0.4) is 0 Å². The molecule has 0 aliphatic heterocycles. The second-order valence-electron chi connectivity index (χ2n) is 3.68. The largest absolute Gasteiger partial charge is 1.00 e. The van der Waals surface area contributed by atoms with Crippen molar-refractivity contribution in [3.63, 3.8) is 0 Å². The highest BCUT2D eigenvalue weighted by molar-refractivity contribution is 5.72. The number of fused-ring (bicyclic) bond motifs is 3. The lowest BCUT2D eigenvalue weighted by Crippen LogP contribution is -1.95. The first-order valence-corrected chi connectivity index (χ1v) is 4.74. The third-order valence-corrected chi connectivity index (χ3v) is 2.79. The minimum absolute atomic E-state index is 0. The van der Waals surface area contributed by atoms with Gasteiger partial charge in [-0.25, -0.2) is 0 Å². The number of aromatic hydroxyl groups is 1. The fourth-order valence-corrected chi connectivity index (χ4v) is 2.13. The summed E-state index contributed by atoms with van der Waals surface area (Å²) in [7, 11) is 0. The van der Waals surface area contributed by atoms with Gasteiger partial charge in [-0.2, -0.15) is 0 Å². The Balaban J connectivity index is 0.000000853. The summed E-state index contributed by atoms with van der Waals surface area (Å²) in [6.45, 7) is 0. The summed E-state index contributed by atoms with van der Waals surface area (Å²) in [5.74, 6) is 0.739. The highest BCUT2D eigenvalue weighted by atomic mass is 16.3. The lowest BCUT2D eigenvalue weighted by atomic mass is 9.92. The van der Waals surface area contributed by atoms with Crippen LogP contribution in [-0.2, 0) is 0 Å². The van der Waals surface area contributed by atoms with Crippen molar-refractivity contribution in [2.45, 2.75) is 5.92 Å². The van der Waals surface area contributed by atoms with E-state index in [2.05, 4.69) is 24.3 Å². The second kappa shape index (κ2) is 2.61. The van der Waals surface area contributed by atoms with Crippen molar-refractivity contribution >= 4 is 6.08 Å². The van der Waals surface area contributed by atoms with Crippen molar-refractivity contribution in [1.82, 2.24) is 0 Å². The standard InChI is InChI=1S/C13H10O/c14-11-5-6-13-10(8-11)7-9-3-1-2-4-12(9)13/h1-8,12,14H/p+1. The number of benzene rings is 1. The van der Waals surface area contributed by atoms with E-state index in [1.165, 1.54) is 11.1 Å². The Morgan fingerprint density at radius 1 is 1.21 bits per heavy atom. The van der Waals surface area contributed by atoms with E-state index in [1.54, 1.807) is 6.07 Å². The molecule has 1 nitrogen and oxygen atoms in total. The zero-order valence-electron chi connectivity index (χ0n) is 8.64. The van der Waals surface area contributed by atoms with Gasteiger partial charge < -0.3 is 5.11 Å². The fourth-order valence-electron chi connectivity index (χ4n) is 2.13. The molecule has 0 heterocycles. The predicted molar refractivity (Wildman–Crippen MR) is 58.2 cm³/mol. The molecule has 3 rings (SSSR count). The molecule has 0 radical (unpaired) electrons. The summed E-state index contributed by atoms with van der Waals surface area (Å²) in [5, 5.41) is 9.36. The number of allylic oxidation sites excluding steroid dienone is 5. The highest BCUT2D eigenvalue weighted by Crippen LogP contribution is 2.40. The molecule has 0 fully saturated rings. The minimum atomic E-state index is 0. The van der Waals surface area contributed by atoms with Gasteiger partial charge in [0.25, 0.3) is 0 Å². The van der Waals surface area contributed by atoms with Crippen molar-refractivity contribution in [2.24, 2.45) is 0 Å². The molecule has 1 N–H and O–H groups in total. The molecular weight excluding hydrogens is 172 g/mol. The molecule has 1 unspecified atom stereocenters. The van der Waals surface area contributed by atoms with Crippen LogP contribution < -0.4 is 0 Å². The quantitative estimate of drug-likeness (QED) is 0.655. The van der Waals surface area contributed by atoms with E-state index in [0.29, 0.717) is 11.7 Å². The van der Waals surface area contributed by atoms with Gasteiger partial charge in [0.1, 0.15) is 5.75 Å². The van der Waals surface area contributed by atoms with Crippen LogP contribution in [0.2, 0.25) is 0 Å². The fraction of sp³-hybridized carbons (Fsp3) is 0.0769. The Labute approximate surface area is 84.2 Å². The molecule has 14 heavy (non-hydrogen) atoms. The van der Waals surface area contributed by atoms with Crippen LogP contribution in [0.1, 0.15) is 18.5 Å². The number of hydrogen-bond donors (Lipinski definition) is 1. The Bertz CT molecular complexity index is 483. The minimum Gasteiger partial charge on any atom is -0.508 e. The molecule has 1 aromatic carbocycles. The molecule has 0 amide bonds. The van der Waals surface area contributed by atoms with Crippen LogP contribution >= 0.6 is 0 Å². The van der Waals surface area contributed by atoms with Gasteiger partial charge in [0.15, 0.2) is 0 Å². The van der Waals surface area contributed by atoms with Crippen LogP contribution in [0.5, 0.6) is 5.75 Å². The summed E-state index contributed by atoms with van der Waals surface area (Å²) in [4.78, 5) is 0. The maximum atomic E-state index is 9.36. The lowest BCUT2D eigenvalue weighted by Gasteiger charge is -2.11. The van der Waals surface area contributed by atoms with E-state index in [4.69, 9.17) is 0 Å². The Kier molecular flexibility index (Phi) is 1.42. The molecule has 0 bridgehead atoms. The van der Waals surface area contributed by atoms with Gasteiger partial charge in [-0.15, -0.1) is 0 Å². The van der Waals surface area contributed by atoms with Crippen LogP contribution in [-0.4, -0.2) is 5.11 Å². The first-order chi connectivity index (χ1) is 6.84. The van der Waals surface area contributed by atoms with Crippen LogP contribution in [0.25, 0.3) is 6.08 Å². The third kappa shape index (κ3) is 0.956. The van der Waals surface area contributed by atoms with E-state index in [0.717, 1.165) is 5.56 Å². The second-order valence-corrected chi connectivity index (χ2v) is 3.68. The van der Waals surface area contributed by atoms with Crippen LogP contribution in [0.15, 0.2) is 48.1 Å². The van der Waals surface area contributed by atoms with Gasteiger partial charge in [0.05, 0.1) is 0 Å². The summed E-state index contributed by atoms with van der Waals surface area (Å²) in [6.07, 6.45) is 10.6. The molecule has 0 saturated heterocycles. The van der Waals surface area contributed by atoms with Gasteiger partial charge in [0, 0.05) is 5.92 Å². The average Bonchev–Trinajstić information content (AvgIpc) is 2.54. The van der Waals surface area contributed by atoms with Crippen molar-refractivity contribution in [3.05, 3.63) is 59.2 Å². The van der Waals surface area contributed by atoms with Crippen molar-refractivity contribution in [1.29, 1.82) is 0 Å². The topological polar surface area (TPSA) is 20.2 Å². The molecule has 0 saturated carbocycles. The van der Waals surface area contributed by atoms with E-state index >= 15 is 0 Å². The maximum Gasteiger partial charge on any atom is 1.00 e. The number of phenolic OH excluding ortho intramolecular Hbond substituents is 1. The van der Waals surface area contributed by atoms with Crippen molar-refractivity contribution in [3.8, 4) is 5.75 Å². The summed E-state index contributed by atoms with van der Waals surface area (Å²) in [5.41, 5.74) is 3.74. The molecule has 1 atom stereocenters. The highest BCUT2D eigenvalue weighted by Gasteiger charge is 2.22. The average molecular weight is 183 g/mol. The lowest BCUT2D eigenvalue weighted by molar-refractivity contribution is 0.475. The third-order valence-electron chi connectivity index (χ3n) is 2.79. The maximum absolute atomic E-state index is 9.36. The molecule has 2 aliphatic carbocycles. The van der Waals surface area contributed by atoms with E-state index in [9.17, 15) is 5.11 Å².